The second-order valence-electron chi connectivity index (χ2n) is 5.60. The van der Waals surface area contributed by atoms with Gasteiger partial charge in [0.05, 0.1) is 5.60 Å². The van der Waals surface area contributed by atoms with Crippen molar-refractivity contribution in [2.45, 2.75) is 45.3 Å². The van der Waals surface area contributed by atoms with E-state index in [4.69, 9.17) is 0 Å². The summed E-state index contributed by atoms with van der Waals surface area (Å²) in [6.07, 6.45) is 2.32. The van der Waals surface area contributed by atoms with Crippen LogP contribution < -0.4 is 5.32 Å². The number of aliphatic hydroxyl groups is 1. The fraction of sp³-hybridized carbons (Fsp3) is 0.615. The molecule has 1 atom stereocenters. The van der Waals surface area contributed by atoms with Crippen molar-refractivity contribution in [2.24, 2.45) is 0 Å². The minimum absolute atomic E-state index is 0.0219. The summed E-state index contributed by atoms with van der Waals surface area (Å²) >= 11 is 0. The van der Waals surface area contributed by atoms with Gasteiger partial charge in [0.25, 0.3) is 0 Å². The Morgan fingerprint density at radius 1 is 1.25 bits per heavy atom. The van der Waals surface area contributed by atoms with Crippen molar-refractivity contribution in [2.75, 3.05) is 6.54 Å². The van der Waals surface area contributed by atoms with Crippen LogP contribution in [-0.4, -0.2) is 27.8 Å². The Labute approximate surface area is 97.9 Å². The van der Waals surface area contributed by atoms with E-state index in [-0.39, 0.29) is 5.54 Å². The Kier molecular flexibility index (Phi) is 4.05. The van der Waals surface area contributed by atoms with Gasteiger partial charge in [-0.05, 0) is 39.8 Å². The second-order valence-corrected chi connectivity index (χ2v) is 5.60. The van der Waals surface area contributed by atoms with Gasteiger partial charge in [0.1, 0.15) is 0 Å². The highest BCUT2D eigenvalue weighted by molar-refractivity contribution is 5.07. The van der Waals surface area contributed by atoms with Gasteiger partial charge >= 0.3 is 0 Å². The molecule has 1 aromatic heterocycles. The Hall–Kier alpha value is -0.930. The Bertz CT molecular complexity index is 314. The normalized spacial score (nSPS) is 15.8. The number of nitrogens with zero attached hydrogens (tertiary/aromatic N) is 1. The first kappa shape index (κ1) is 13.1. The van der Waals surface area contributed by atoms with Crippen molar-refractivity contribution in [1.82, 2.24) is 10.3 Å². The third-order valence-corrected chi connectivity index (χ3v) is 2.29. The van der Waals surface area contributed by atoms with Crippen molar-refractivity contribution in [3.8, 4) is 0 Å². The van der Waals surface area contributed by atoms with Crippen molar-refractivity contribution in [3.05, 3.63) is 30.1 Å². The number of pyridine rings is 1. The standard InChI is InChI=1S/C13H22N2O/c1-12(2,3)15-10-13(4,16)9-11-7-5-6-8-14-11/h5-8,15-16H,9-10H2,1-4H3. The average molecular weight is 222 g/mol. The van der Waals surface area contributed by atoms with E-state index in [1.165, 1.54) is 0 Å². The predicted octanol–water partition coefficient (Wildman–Crippen LogP) is 1.76. The van der Waals surface area contributed by atoms with Crippen LogP contribution in [-0.2, 0) is 6.42 Å². The summed E-state index contributed by atoms with van der Waals surface area (Å²) in [5, 5.41) is 13.5. The van der Waals surface area contributed by atoms with Gasteiger partial charge in [0, 0.05) is 30.4 Å². The van der Waals surface area contributed by atoms with E-state index in [9.17, 15) is 5.11 Å². The van der Waals surface area contributed by atoms with E-state index in [1.54, 1.807) is 6.20 Å². The highest BCUT2D eigenvalue weighted by atomic mass is 16.3. The summed E-state index contributed by atoms with van der Waals surface area (Å²) < 4.78 is 0. The number of hydrogen-bond donors (Lipinski definition) is 2. The molecule has 90 valence electrons. The van der Waals surface area contributed by atoms with E-state index in [2.05, 4.69) is 31.1 Å². The Morgan fingerprint density at radius 3 is 2.44 bits per heavy atom. The minimum atomic E-state index is -0.762. The number of aromatic nitrogens is 1. The molecule has 0 amide bonds. The molecule has 0 aliphatic carbocycles. The zero-order valence-electron chi connectivity index (χ0n) is 10.6. The molecule has 16 heavy (non-hydrogen) atoms. The van der Waals surface area contributed by atoms with Gasteiger partial charge in [-0.25, -0.2) is 0 Å². The fourth-order valence-electron chi connectivity index (χ4n) is 1.41. The predicted molar refractivity (Wildman–Crippen MR) is 66.3 cm³/mol. The van der Waals surface area contributed by atoms with Gasteiger partial charge in [-0.15, -0.1) is 0 Å². The van der Waals surface area contributed by atoms with E-state index in [0.717, 1.165) is 5.69 Å². The van der Waals surface area contributed by atoms with Crippen molar-refractivity contribution in [1.29, 1.82) is 0 Å². The third kappa shape index (κ3) is 5.24. The highest BCUT2D eigenvalue weighted by Gasteiger charge is 2.23. The molecule has 3 nitrogen and oxygen atoms in total. The van der Waals surface area contributed by atoms with Gasteiger partial charge in [0.2, 0.25) is 0 Å². The summed E-state index contributed by atoms with van der Waals surface area (Å²) in [4.78, 5) is 4.22. The van der Waals surface area contributed by atoms with Crippen LogP contribution in [0.25, 0.3) is 0 Å². The fourth-order valence-corrected chi connectivity index (χ4v) is 1.41. The first-order valence-corrected chi connectivity index (χ1v) is 5.66. The average Bonchev–Trinajstić information content (AvgIpc) is 2.15. The van der Waals surface area contributed by atoms with Gasteiger partial charge in [-0.1, -0.05) is 6.07 Å². The van der Waals surface area contributed by atoms with Gasteiger partial charge in [-0.2, -0.15) is 0 Å². The quantitative estimate of drug-likeness (QED) is 0.816. The molecule has 0 saturated heterocycles. The molecule has 0 aliphatic rings. The maximum Gasteiger partial charge on any atom is 0.0798 e. The van der Waals surface area contributed by atoms with E-state index in [1.807, 2.05) is 25.1 Å². The number of β-amino-alcohol motifs (C(OH)–C–C–N with tert-alkyl or cyclic N) is 1. The third-order valence-electron chi connectivity index (χ3n) is 2.29. The molecule has 1 rings (SSSR count). The van der Waals surface area contributed by atoms with Crippen LogP contribution in [0.4, 0.5) is 0 Å². The van der Waals surface area contributed by atoms with Crippen LogP contribution in [0.15, 0.2) is 24.4 Å². The molecule has 1 unspecified atom stereocenters. The van der Waals surface area contributed by atoms with E-state index < -0.39 is 5.60 Å². The van der Waals surface area contributed by atoms with Crippen LogP contribution in [0.5, 0.6) is 0 Å². The molecule has 3 heteroatoms. The molecule has 1 heterocycles. The first-order chi connectivity index (χ1) is 7.29. The number of hydrogen-bond acceptors (Lipinski definition) is 3. The molecule has 0 radical (unpaired) electrons. The molecular weight excluding hydrogens is 200 g/mol. The highest BCUT2D eigenvalue weighted by Crippen LogP contribution is 2.11. The molecule has 0 aromatic carbocycles. The lowest BCUT2D eigenvalue weighted by Gasteiger charge is -2.29. The van der Waals surface area contributed by atoms with Crippen molar-refractivity contribution in [3.63, 3.8) is 0 Å². The van der Waals surface area contributed by atoms with E-state index in [0.29, 0.717) is 13.0 Å². The maximum atomic E-state index is 10.2. The molecule has 2 N–H and O–H groups in total. The van der Waals surface area contributed by atoms with Crippen LogP contribution >= 0.6 is 0 Å². The molecule has 0 bridgehead atoms. The largest absolute Gasteiger partial charge is 0.388 e. The topological polar surface area (TPSA) is 45.1 Å². The van der Waals surface area contributed by atoms with Gasteiger partial charge < -0.3 is 10.4 Å². The van der Waals surface area contributed by atoms with Gasteiger partial charge in [-0.3, -0.25) is 4.98 Å². The van der Waals surface area contributed by atoms with Crippen LogP contribution in [0, 0.1) is 0 Å². The lowest BCUT2D eigenvalue weighted by molar-refractivity contribution is 0.0525. The first-order valence-electron chi connectivity index (χ1n) is 5.66. The van der Waals surface area contributed by atoms with Crippen LogP contribution in [0.1, 0.15) is 33.4 Å². The van der Waals surface area contributed by atoms with Gasteiger partial charge in [0.15, 0.2) is 0 Å². The lowest BCUT2D eigenvalue weighted by atomic mass is 9.98. The van der Waals surface area contributed by atoms with E-state index >= 15 is 0 Å². The second kappa shape index (κ2) is 4.93. The maximum absolute atomic E-state index is 10.2. The molecule has 1 aromatic rings. The number of rotatable bonds is 4. The van der Waals surface area contributed by atoms with Crippen LogP contribution in [0.2, 0.25) is 0 Å². The summed E-state index contributed by atoms with van der Waals surface area (Å²) in [6, 6.07) is 5.76. The summed E-state index contributed by atoms with van der Waals surface area (Å²) in [7, 11) is 0. The summed E-state index contributed by atoms with van der Waals surface area (Å²) in [5.74, 6) is 0. The van der Waals surface area contributed by atoms with Crippen molar-refractivity contribution >= 4 is 0 Å². The zero-order valence-corrected chi connectivity index (χ0v) is 10.6. The minimum Gasteiger partial charge on any atom is -0.388 e. The van der Waals surface area contributed by atoms with Crippen LogP contribution in [0.3, 0.4) is 0 Å². The molecule has 0 fully saturated rings. The molecule has 0 spiro atoms. The Morgan fingerprint density at radius 2 is 1.94 bits per heavy atom. The smallest absolute Gasteiger partial charge is 0.0798 e. The van der Waals surface area contributed by atoms with Crippen molar-refractivity contribution < 1.29 is 5.11 Å². The number of nitrogens with one attached hydrogen (secondary N) is 1. The molecular formula is C13H22N2O. The summed E-state index contributed by atoms with van der Waals surface area (Å²) in [6.45, 7) is 8.66. The monoisotopic (exact) mass is 222 g/mol. The Balaban J connectivity index is 2.52. The summed E-state index contributed by atoms with van der Waals surface area (Å²) in [5.41, 5.74) is 0.179. The molecule has 0 saturated carbocycles. The SMILES string of the molecule is CC(O)(CNC(C)(C)C)Cc1ccccn1. The molecule has 0 aliphatic heterocycles. The lowest BCUT2D eigenvalue weighted by Crippen LogP contribution is -2.47. The zero-order chi connectivity index (χ0) is 12.2.